The van der Waals surface area contributed by atoms with Gasteiger partial charge in [0.1, 0.15) is 16.3 Å². The third-order valence-electron chi connectivity index (χ3n) is 5.63. The molecule has 1 atom stereocenters. The van der Waals surface area contributed by atoms with E-state index in [1.807, 2.05) is 24.3 Å². The molecule has 0 saturated carbocycles. The van der Waals surface area contributed by atoms with Gasteiger partial charge in [-0.2, -0.15) is 0 Å². The van der Waals surface area contributed by atoms with Crippen LogP contribution in [0.2, 0.25) is 0 Å². The van der Waals surface area contributed by atoms with Crippen LogP contribution in [0.15, 0.2) is 46.0 Å². The number of carbonyl (C=O) groups excluding carboxylic acids is 1. The van der Waals surface area contributed by atoms with Crippen LogP contribution in [-0.2, 0) is 14.1 Å². The highest BCUT2D eigenvalue weighted by Crippen LogP contribution is 2.37. The smallest absolute Gasteiger partial charge is 0.328 e. The molecule has 1 aliphatic heterocycles. The van der Waals surface area contributed by atoms with E-state index in [1.165, 1.54) is 11.6 Å². The summed E-state index contributed by atoms with van der Waals surface area (Å²) in [6, 6.07) is 11.0. The van der Waals surface area contributed by atoms with Crippen molar-refractivity contribution < 1.29 is 4.79 Å². The van der Waals surface area contributed by atoms with Gasteiger partial charge in [0.2, 0.25) is 0 Å². The molecule has 8 nitrogen and oxygen atoms in total. The summed E-state index contributed by atoms with van der Waals surface area (Å²) in [4.78, 5) is 48.8. The topological polar surface area (TPSA) is 90.1 Å². The Balaban J connectivity index is 1.55. The lowest BCUT2D eigenvalue weighted by Crippen LogP contribution is -2.38. The summed E-state index contributed by atoms with van der Waals surface area (Å²) < 4.78 is 3.43. The van der Waals surface area contributed by atoms with Gasteiger partial charge in [0.15, 0.2) is 0 Å². The molecular formula is C21H19N5O3S. The molecule has 1 saturated heterocycles. The molecule has 152 valence electrons. The van der Waals surface area contributed by atoms with Crippen molar-refractivity contribution in [1.82, 2.24) is 24.0 Å². The number of thiazole rings is 1. The Morgan fingerprint density at radius 1 is 1.07 bits per heavy atom. The van der Waals surface area contributed by atoms with Gasteiger partial charge in [-0.1, -0.05) is 12.1 Å². The van der Waals surface area contributed by atoms with Crippen molar-refractivity contribution in [2.75, 3.05) is 6.54 Å². The van der Waals surface area contributed by atoms with E-state index in [0.717, 1.165) is 32.6 Å². The number of nitrogens with zero attached hydrogens (tertiary/aromatic N) is 5. The van der Waals surface area contributed by atoms with Gasteiger partial charge in [0.25, 0.3) is 11.5 Å². The van der Waals surface area contributed by atoms with Crippen LogP contribution in [0.5, 0.6) is 0 Å². The average Bonchev–Trinajstić information content (AvgIpc) is 3.42. The number of aromatic nitrogens is 4. The van der Waals surface area contributed by atoms with Crippen LogP contribution < -0.4 is 11.2 Å². The van der Waals surface area contributed by atoms with Crippen LogP contribution >= 0.6 is 11.3 Å². The highest BCUT2D eigenvalue weighted by molar-refractivity contribution is 7.18. The van der Waals surface area contributed by atoms with Gasteiger partial charge in [0, 0.05) is 20.6 Å². The SMILES string of the molecule is Cn1c(=O)c2ccc(C(=O)N3CCCC3c3nc4ccccc4s3)nc2n(C)c1=O. The largest absolute Gasteiger partial charge is 0.332 e. The molecule has 0 radical (unpaired) electrons. The number of carbonyl (C=O) groups is 1. The molecule has 4 aromatic rings. The van der Waals surface area contributed by atoms with Crippen molar-refractivity contribution in [2.45, 2.75) is 18.9 Å². The Kier molecular flexibility index (Phi) is 4.28. The van der Waals surface area contributed by atoms with Gasteiger partial charge in [-0.25, -0.2) is 14.8 Å². The van der Waals surface area contributed by atoms with E-state index >= 15 is 0 Å². The number of hydrogen-bond donors (Lipinski definition) is 0. The lowest BCUT2D eigenvalue weighted by atomic mass is 10.2. The quantitative estimate of drug-likeness (QED) is 0.495. The van der Waals surface area contributed by atoms with Crippen LogP contribution in [-0.4, -0.2) is 36.5 Å². The predicted molar refractivity (Wildman–Crippen MR) is 115 cm³/mol. The molecule has 0 bridgehead atoms. The van der Waals surface area contributed by atoms with E-state index in [2.05, 4.69) is 4.98 Å². The molecular weight excluding hydrogens is 402 g/mol. The number of amides is 1. The van der Waals surface area contributed by atoms with Gasteiger partial charge in [0.05, 0.1) is 21.6 Å². The first-order valence-corrected chi connectivity index (χ1v) is 10.5. The van der Waals surface area contributed by atoms with Crippen LogP contribution in [0.1, 0.15) is 34.4 Å². The maximum atomic E-state index is 13.3. The molecule has 1 aliphatic rings. The lowest BCUT2D eigenvalue weighted by Gasteiger charge is -2.22. The lowest BCUT2D eigenvalue weighted by molar-refractivity contribution is 0.0730. The Bertz CT molecular complexity index is 1400. The average molecular weight is 421 g/mol. The van der Waals surface area contributed by atoms with Gasteiger partial charge >= 0.3 is 5.69 Å². The monoisotopic (exact) mass is 421 g/mol. The minimum atomic E-state index is -0.474. The number of likely N-dealkylation sites (tertiary alicyclic amines) is 1. The maximum absolute atomic E-state index is 13.3. The van der Waals surface area contributed by atoms with Crippen LogP contribution in [0, 0.1) is 0 Å². The summed E-state index contributed by atoms with van der Waals surface area (Å²) in [6.45, 7) is 0.620. The zero-order chi connectivity index (χ0) is 21.0. The van der Waals surface area contributed by atoms with Crippen molar-refractivity contribution in [3.05, 3.63) is 67.9 Å². The fourth-order valence-electron chi connectivity index (χ4n) is 4.02. The standard InChI is InChI=1S/C21H19N5O3S/c1-24-17-12(19(27)25(2)21(24)29)9-10-14(22-17)20(28)26-11-5-7-15(26)18-23-13-6-3-4-8-16(13)30-18/h3-4,6,8-10,15H,5,7,11H2,1-2H3. The molecule has 0 spiro atoms. The first-order chi connectivity index (χ1) is 14.5. The third kappa shape index (κ3) is 2.77. The highest BCUT2D eigenvalue weighted by Gasteiger charge is 2.33. The van der Waals surface area contributed by atoms with Crippen molar-refractivity contribution in [3.8, 4) is 0 Å². The van der Waals surface area contributed by atoms with E-state index in [-0.39, 0.29) is 23.3 Å². The van der Waals surface area contributed by atoms with Crippen molar-refractivity contribution in [1.29, 1.82) is 0 Å². The molecule has 1 unspecified atom stereocenters. The normalized spacial score (nSPS) is 16.6. The minimum absolute atomic E-state index is 0.0974. The first-order valence-electron chi connectivity index (χ1n) is 9.69. The number of aryl methyl sites for hydroxylation is 1. The van der Waals surface area contributed by atoms with Gasteiger partial charge < -0.3 is 4.90 Å². The molecule has 5 rings (SSSR count). The number of fused-ring (bicyclic) bond motifs is 2. The van der Waals surface area contributed by atoms with E-state index in [9.17, 15) is 14.4 Å². The Morgan fingerprint density at radius 2 is 1.87 bits per heavy atom. The highest BCUT2D eigenvalue weighted by atomic mass is 32.1. The second-order valence-electron chi connectivity index (χ2n) is 7.45. The van der Waals surface area contributed by atoms with Gasteiger partial charge in [-0.15, -0.1) is 11.3 Å². The fraction of sp³-hybridized carbons (Fsp3) is 0.286. The Labute approximate surface area is 175 Å². The number of hydrogen-bond acceptors (Lipinski definition) is 6. The van der Waals surface area contributed by atoms with Gasteiger partial charge in [-0.05, 0) is 37.1 Å². The maximum Gasteiger partial charge on any atom is 0.332 e. The van der Waals surface area contributed by atoms with Crippen LogP contribution in [0.4, 0.5) is 0 Å². The number of pyridine rings is 1. The summed E-state index contributed by atoms with van der Waals surface area (Å²) in [5, 5.41) is 1.23. The second-order valence-corrected chi connectivity index (χ2v) is 8.51. The zero-order valence-corrected chi connectivity index (χ0v) is 17.3. The summed E-state index contributed by atoms with van der Waals surface area (Å²) in [5.74, 6) is -0.216. The summed E-state index contributed by atoms with van der Waals surface area (Å²) in [6.07, 6.45) is 1.73. The number of benzene rings is 1. The molecule has 1 fully saturated rings. The molecule has 1 aromatic carbocycles. The Hall–Kier alpha value is -3.33. The molecule has 30 heavy (non-hydrogen) atoms. The Morgan fingerprint density at radius 3 is 2.67 bits per heavy atom. The summed E-state index contributed by atoms with van der Waals surface area (Å²) in [5.41, 5.74) is 0.473. The number of para-hydroxylation sites is 1. The zero-order valence-electron chi connectivity index (χ0n) is 16.5. The second kappa shape index (κ2) is 6.88. The molecule has 0 N–H and O–H groups in total. The molecule has 3 aromatic heterocycles. The molecule has 0 aliphatic carbocycles. The van der Waals surface area contributed by atoms with Crippen LogP contribution in [0.25, 0.3) is 21.3 Å². The van der Waals surface area contributed by atoms with E-state index in [0.29, 0.717) is 11.9 Å². The van der Waals surface area contributed by atoms with Crippen LogP contribution in [0.3, 0.4) is 0 Å². The first kappa shape index (κ1) is 18.7. The van der Waals surface area contributed by atoms with E-state index in [4.69, 9.17) is 4.98 Å². The molecule has 4 heterocycles. The molecule has 1 amide bonds. The van der Waals surface area contributed by atoms with Crippen molar-refractivity contribution in [3.63, 3.8) is 0 Å². The van der Waals surface area contributed by atoms with Crippen molar-refractivity contribution >= 4 is 38.5 Å². The summed E-state index contributed by atoms with van der Waals surface area (Å²) >= 11 is 1.61. The third-order valence-corrected chi connectivity index (χ3v) is 6.77. The summed E-state index contributed by atoms with van der Waals surface area (Å²) in [7, 11) is 2.97. The van der Waals surface area contributed by atoms with E-state index < -0.39 is 11.2 Å². The predicted octanol–water partition coefficient (Wildman–Crippen LogP) is 2.22. The minimum Gasteiger partial charge on any atom is -0.328 e. The fourth-order valence-corrected chi connectivity index (χ4v) is 5.13. The molecule has 9 heteroatoms. The van der Waals surface area contributed by atoms with E-state index in [1.54, 1.807) is 35.4 Å². The van der Waals surface area contributed by atoms with Crippen molar-refractivity contribution in [2.24, 2.45) is 14.1 Å². The number of rotatable bonds is 2. The van der Waals surface area contributed by atoms with Gasteiger partial charge in [-0.3, -0.25) is 18.7 Å².